The van der Waals surface area contributed by atoms with Crippen LogP contribution in [0.5, 0.6) is 0 Å². The van der Waals surface area contributed by atoms with E-state index in [1.54, 1.807) is 17.4 Å². The van der Waals surface area contributed by atoms with Crippen molar-refractivity contribution in [3.8, 4) is 11.3 Å². The molecule has 0 radical (unpaired) electrons. The normalized spacial score (nSPS) is 11.3. The Kier molecular flexibility index (Phi) is 2.85. The van der Waals surface area contributed by atoms with E-state index in [0.29, 0.717) is 10.0 Å². The van der Waals surface area contributed by atoms with Crippen molar-refractivity contribution in [2.75, 3.05) is 0 Å². The number of nitrogens with zero attached hydrogens (tertiary/aromatic N) is 2. The fourth-order valence-corrected chi connectivity index (χ4v) is 3.34. The van der Waals surface area contributed by atoms with Crippen molar-refractivity contribution in [1.29, 1.82) is 0 Å². The highest BCUT2D eigenvalue weighted by atomic mass is 35.5. The van der Waals surface area contributed by atoms with Crippen molar-refractivity contribution < 1.29 is 0 Å². The molecule has 0 aliphatic rings. The molecule has 0 N–H and O–H groups in total. The van der Waals surface area contributed by atoms with Gasteiger partial charge in [0.2, 0.25) is 0 Å². The molecular weight excluding hydrogens is 287 g/mol. The third-order valence-corrected chi connectivity index (χ3v) is 4.62. The van der Waals surface area contributed by atoms with Crippen molar-refractivity contribution in [2.24, 2.45) is 0 Å². The van der Waals surface area contributed by atoms with Gasteiger partial charge in [0.25, 0.3) is 0 Å². The molecule has 18 heavy (non-hydrogen) atoms. The van der Waals surface area contributed by atoms with Crippen LogP contribution in [0.3, 0.4) is 0 Å². The SMILES string of the molecule is Cc1sc2nc(-c3ccc(Cl)cc3Cl)cn2c1C. The lowest BCUT2D eigenvalue weighted by atomic mass is 10.2. The first-order valence-corrected chi connectivity index (χ1v) is 7.04. The summed E-state index contributed by atoms with van der Waals surface area (Å²) < 4.78 is 2.10. The lowest BCUT2D eigenvalue weighted by molar-refractivity contribution is 1.11. The second-order valence-electron chi connectivity index (χ2n) is 4.15. The largest absolute Gasteiger partial charge is 0.294 e. The van der Waals surface area contributed by atoms with Crippen LogP contribution in [0.4, 0.5) is 0 Å². The molecule has 0 spiro atoms. The summed E-state index contributed by atoms with van der Waals surface area (Å²) in [5, 5.41) is 1.26. The zero-order chi connectivity index (χ0) is 12.9. The van der Waals surface area contributed by atoms with Crippen LogP contribution in [0, 0.1) is 13.8 Å². The number of hydrogen-bond donors (Lipinski definition) is 0. The first-order chi connectivity index (χ1) is 8.56. The van der Waals surface area contributed by atoms with Gasteiger partial charge in [0.05, 0.1) is 10.7 Å². The first-order valence-electron chi connectivity index (χ1n) is 5.47. The molecule has 1 aromatic carbocycles. The molecule has 0 atom stereocenters. The second-order valence-corrected chi connectivity index (χ2v) is 6.17. The maximum atomic E-state index is 6.20. The van der Waals surface area contributed by atoms with E-state index in [1.165, 1.54) is 10.6 Å². The molecule has 3 rings (SSSR count). The van der Waals surface area contributed by atoms with Crippen LogP contribution in [-0.2, 0) is 0 Å². The van der Waals surface area contributed by atoms with Gasteiger partial charge in [0, 0.05) is 27.4 Å². The zero-order valence-electron chi connectivity index (χ0n) is 9.87. The molecular formula is C13H10Cl2N2S. The van der Waals surface area contributed by atoms with Gasteiger partial charge in [-0.3, -0.25) is 4.40 Å². The highest BCUT2D eigenvalue weighted by Gasteiger charge is 2.12. The molecule has 3 aromatic rings. The second kappa shape index (κ2) is 4.26. The molecule has 0 aliphatic carbocycles. The van der Waals surface area contributed by atoms with E-state index in [0.717, 1.165) is 16.2 Å². The van der Waals surface area contributed by atoms with Crippen LogP contribution in [-0.4, -0.2) is 9.38 Å². The molecule has 2 heterocycles. The van der Waals surface area contributed by atoms with Gasteiger partial charge >= 0.3 is 0 Å². The average Bonchev–Trinajstić information content (AvgIpc) is 2.81. The number of benzene rings is 1. The monoisotopic (exact) mass is 296 g/mol. The smallest absolute Gasteiger partial charge is 0.194 e. The topological polar surface area (TPSA) is 17.3 Å². The van der Waals surface area contributed by atoms with Crippen molar-refractivity contribution in [3.63, 3.8) is 0 Å². The molecule has 0 saturated heterocycles. The van der Waals surface area contributed by atoms with Crippen molar-refractivity contribution in [3.05, 3.63) is 45.0 Å². The third-order valence-electron chi connectivity index (χ3n) is 3.00. The summed E-state index contributed by atoms with van der Waals surface area (Å²) in [7, 11) is 0. The minimum atomic E-state index is 0.627. The van der Waals surface area contributed by atoms with E-state index >= 15 is 0 Å². The molecule has 0 aliphatic heterocycles. The van der Waals surface area contributed by atoms with Crippen molar-refractivity contribution in [1.82, 2.24) is 9.38 Å². The van der Waals surface area contributed by atoms with Crippen LogP contribution in [0.25, 0.3) is 16.2 Å². The van der Waals surface area contributed by atoms with Gasteiger partial charge in [0.15, 0.2) is 4.96 Å². The number of fused-ring (bicyclic) bond motifs is 1. The van der Waals surface area contributed by atoms with Gasteiger partial charge in [-0.15, -0.1) is 11.3 Å². The van der Waals surface area contributed by atoms with Crippen LogP contribution >= 0.6 is 34.5 Å². The summed E-state index contributed by atoms with van der Waals surface area (Å²) in [6.45, 7) is 4.19. The predicted octanol–water partition coefficient (Wildman–Crippen LogP) is 4.99. The van der Waals surface area contributed by atoms with Crippen molar-refractivity contribution in [2.45, 2.75) is 13.8 Å². The van der Waals surface area contributed by atoms with E-state index in [9.17, 15) is 0 Å². The van der Waals surface area contributed by atoms with Crippen LogP contribution in [0.1, 0.15) is 10.6 Å². The maximum Gasteiger partial charge on any atom is 0.194 e. The average molecular weight is 297 g/mol. The summed E-state index contributed by atoms with van der Waals surface area (Å²) in [5.41, 5.74) is 3.01. The molecule has 0 bridgehead atoms. The lowest BCUT2D eigenvalue weighted by Crippen LogP contribution is -1.82. The number of imidazole rings is 1. The summed E-state index contributed by atoms with van der Waals surface area (Å²) in [6, 6.07) is 5.47. The van der Waals surface area contributed by atoms with Gasteiger partial charge in [-0.2, -0.15) is 0 Å². The minimum Gasteiger partial charge on any atom is -0.294 e. The minimum absolute atomic E-state index is 0.627. The molecule has 92 valence electrons. The fourth-order valence-electron chi connectivity index (χ4n) is 1.88. The van der Waals surface area contributed by atoms with E-state index in [1.807, 2.05) is 18.3 Å². The van der Waals surface area contributed by atoms with Crippen molar-refractivity contribution >= 4 is 39.5 Å². The van der Waals surface area contributed by atoms with Crippen LogP contribution < -0.4 is 0 Å². The Bertz CT molecular complexity index is 743. The Hall–Kier alpha value is -1.03. The third kappa shape index (κ3) is 1.83. The predicted molar refractivity (Wildman–Crippen MR) is 78.0 cm³/mol. The Labute approximate surface area is 119 Å². The Morgan fingerprint density at radius 3 is 2.67 bits per heavy atom. The zero-order valence-corrected chi connectivity index (χ0v) is 12.2. The molecule has 2 aromatic heterocycles. The number of thiazole rings is 1. The van der Waals surface area contributed by atoms with Gasteiger partial charge in [-0.1, -0.05) is 23.2 Å². The first kappa shape index (κ1) is 12.0. The number of hydrogen-bond acceptors (Lipinski definition) is 2. The van der Waals surface area contributed by atoms with Crippen LogP contribution in [0.15, 0.2) is 24.4 Å². The molecule has 5 heteroatoms. The quantitative estimate of drug-likeness (QED) is 0.618. The lowest BCUT2D eigenvalue weighted by Gasteiger charge is -2.00. The number of aromatic nitrogens is 2. The van der Waals surface area contributed by atoms with E-state index in [4.69, 9.17) is 23.2 Å². The number of rotatable bonds is 1. The number of halogens is 2. The highest BCUT2D eigenvalue weighted by molar-refractivity contribution is 7.17. The van der Waals surface area contributed by atoms with Crippen LogP contribution in [0.2, 0.25) is 10.0 Å². The highest BCUT2D eigenvalue weighted by Crippen LogP contribution is 2.32. The van der Waals surface area contributed by atoms with Gasteiger partial charge in [-0.25, -0.2) is 4.98 Å². The summed E-state index contributed by atoms with van der Waals surface area (Å²) >= 11 is 13.8. The van der Waals surface area contributed by atoms with E-state index in [2.05, 4.69) is 23.2 Å². The van der Waals surface area contributed by atoms with Gasteiger partial charge in [0.1, 0.15) is 0 Å². The molecule has 0 amide bonds. The Balaban J connectivity index is 2.19. The molecule has 0 fully saturated rings. The fraction of sp³-hybridized carbons (Fsp3) is 0.154. The van der Waals surface area contributed by atoms with E-state index < -0.39 is 0 Å². The van der Waals surface area contributed by atoms with E-state index in [-0.39, 0.29) is 0 Å². The molecule has 2 nitrogen and oxygen atoms in total. The van der Waals surface area contributed by atoms with Gasteiger partial charge in [-0.05, 0) is 32.0 Å². The Morgan fingerprint density at radius 2 is 2.00 bits per heavy atom. The molecule has 0 unspecified atom stereocenters. The summed E-state index contributed by atoms with van der Waals surface area (Å²) in [4.78, 5) is 6.88. The molecule has 0 saturated carbocycles. The van der Waals surface area contributed by atoms with Gasteiger partial charge < -0.3 is 0 Å². The number of aryl methyl sites for hydroxylation is 2. The summed E-state index contributed by atoms with van der Waals surface area (Å²) in [5.74, 6) is 0. The standard InChI is InChI=1S/C13H10Cl2N2S/c1-7-8(2)18-13-16-12(6-17(7)13)10-4-3-9(14)5-11(10)15/h3-6H,1-2H3. The maximum absolute atomic E-state index is 6.20. The Morgan fingerprint density at radius 1 is 1.22 bits per heavy atom. The summed E-state index contributed by atoms with van der Waals surface area (Å²) in [6.07, 6.45) is 2.02.